The van der Waals surface area contributed by atoms with Crippen molar-refractivity contribution in [1.82, 2.24) is 4.90 Å². The molecule has 0 unspecified atom stereocenters. The Morgan fingerprint density at radius 2 is 1.68 bits per heavy atom. The third-order valence-corrected chi connectivity index (χ3v) is 19.4. The molecule has 4 atom stereocenters. The number of thioether (sulfide) groups is 1. The van der Waals surface area contributed by atoms with E-state index in [0.717, 1.165) is 24.2 Å². The van der Waals surface area contributed by atoms with Crippen LogP contribution in [0.2, 0.25) is 36.3 Å². The molecule has 2 aliphatic heterocycles. The summed E-state index contributed by atoms with van der Waals surface area (Å²) >= 11 is 1.43. The van der Waals surface area contributed by atoms with Gasteiger partial charge in [0, 0.05) is 29.6 Å². The normalized spacial score (nSPS) is 23.3. The van der Waals surface area contributed by atoms with Crippen molar-refractivity contribution >= 4 is 40.3 Å². The molecule has 0 bridgehead atoms. The first kappa shape index (κ1) is 33.1. The number of aliphatic carboxylic acids is 1. The lowest BCUT2D eigenvalue weighted by atomic mass is 9.77. The van der Waals surface area contributed by atoms with Gasteiger partial charge in [-0.1, -0.05) is 48.0 Å². The van der Waals surface area contributed by atoms with Gasteiger partial charge in [0.15, 0.2) is 16.6 Å². The molecular formula is C28H50N2O5SSi2. The van der Waals surface area contributed by atoms with Crippen LogP contribution in [0.1, 0.15) is 74.1 Å². The summed E-state index contributed by atoms with van der Waals surface area (Å²) in [6.45, 7) is 24.8. The highest BCUT2D eigenvalue weighted by Gasteiger charge is 2.61. The number of carbonyl (C=O) groups is 2. The third-order valence-electron chi connectivity index (χ3n) is 9.06. The molecule has 0 aromatic carbocycles. The number of β-lactam (4-membered cyclic amide) rings is 1. The van der Waals surface area contributed by atoms with Crippen molar-refractivity contribution in [2.45, 2.75) is 123 Å². The zero-order valence-electron chi connectivity index (χ0n) is 25.4. The van der Waals surface area contributed by atoms with Crippen LogP contribution in [0.5, 0.6) is 0 Å². The molecule has 2 aliphatic rings. The van der Waals surface area contributed by atoms with E-state index in [9.17, 15) is 14.7 Å². The third kappa shape index (κ3) is 6.95. The first-order chi connectivity index (χ1) is 17.3. The molecule has 2 heterocycles. The number of rotatable bonds is 13. The van der Waals surface area contributed by atoms with Crippen LogP contribution in [0.3, 0.4) is 0 Å². The van der Waals surface area contributed by atoms with E-state index in [1.807, 2.05) is 6.92 Å². The number of nitrogens with zero attached hydrogens (tertiary/aromatic N) is 2. The number of hydrogen-bond acceptors (Lipinski definition) is 6. The maximum Gasteiger partial charge on any atom is 0.353 e. The number of amides is 1. The zero-order chi connectivity index (χ0) is 29.3. The first-order valence-electron chi connectivity index (χ1n) is 13.9. The van der Waals surface area contributed by atoms with Crippen molar-refractivity contribution in [3.8, 4) is 6.07 Å². The summed E-state index contributed by atoms with van der Waals surface area (Å²) in [4.78, 5) is 28.1. The van der Waals surface area contributed by atoms with Gasteiger partial charge in [-0.25, -0.2) is 4.79 Å². The molecule has 216 valence electrons. The van der Waals surface area contributed by atoms with Gasteiger partial charge in [-0.15, -0.1) is 11.8 Å². The topological polar surface area (TPSA) is 99.9 Å². The standard InChI is InChI=1S/C28H50N2O5SSi2/c1-19(35-38(10,11)28(5,6)7)21-22-20(15-12-13-17-34-37(8,9)27(2,3)4)24(36-18-14-16-29)23(26(32)33)30(22)25(21)31/h19-22H,12-15,17-18H2,1-11H3,(H,32,33)/t19-,20-,21-,22-/m1/s1. The number of fused-ring (bicyclic) bond motifs is 1. The molecule has 10 heteroatoms. The fourth-order valence-electron chi connectivity index (χ4n) is 4.77. The minimum Gasteiger partial charge on any atom is -0.477 e. The van der Waals surface area contributed by atoms with Crippen LogP contribution in [0.25, 0.3) is 0 Å². The van der Waals surface area contributed by atoms with Gasteiger partial charge in [0.2, 0.25) is 5.91 Å². The quantitative estimate of drug-likeness (QED) is 0.142. The van der Waals surface area contributed by atoms with E-state index >= 15 is 0 Å². The zero-order valence-corrected chi connectivity index (χ0v) is 28.3. The van der Waals surface area contributed by atoms with Gasteiger partial charge in [-0.05, 0) is 56.0 Å². The Balaban J connectivity index is 2.25. The van der Waals surface area contributed by atoms with E-state index in [2.05, 4.69) is 73.8 Å². The molecule has 0 radical (unpaired) electrons. The number of carboxylic acids is 1. The summed E-state index contributed by atoms with van der Waals surface area (Å²) in [7, 11) is -3.94. The minimum absolute atomic E-state index is 0.00967. The molecule has 0 saturated carbocycles. The number of nitriles is 1. The molecule has 1 fully saturated rings. The number of carboxylic acid groups (broad SMARTS) is 1. The molecule has 0 aromatic rings. The first-order valence-corrected chi connectivity index (χ1v) is 20.7. The largest absolute Gasteiger partial charge is 0.477 e. The van der Waals surface area contributed by atoms with Gasteiger partial charge in [0.25, 0.3) is 0 Å². The molecule has 2 rings (SSSR count). The minimum atomic E-state index is -2.11. The van der Waals surface area contributed by atoms with Crippen molar-refractivity contribution in [3.63, 3.8) is 0 Å². The van der Waals surface area contributed by atoms with E-state index < -0.39 is 22.6 Å². The predicted molar refractivity (Wildman–Crippen MR) is 160 cm³/mol. The van der Waals surface area contributed by atoms with Gasteiger partial charge in [-0.2, -0.15) is 5.26 Å². The second-order valence-corrected chi connectivity index (χ2v) is 24.5. The average molecular weight is 583 g/mol. The van der Waals surface area contributed by atoms with Crippen molar-refractivity contribution in [1.29, 1.82) is 5.26 Å². The molecule has 1 amide bonds. The molecule has 0 spiro atoms. The highest BCUT2D eigenvalue weighted by Crippen LogP contribution is 2.53. The lowest BCUT2D eigenvalue weighted by Gasteiger charge is -2.50. The summed E-state index contributed by atoms with van der Waals surface area (Å²) in [5.74, 6) is -1.13. The van der Waals surface area contributed by atoms with E-state index in [0.29, 0.717) is 18.8 Å². The Morgan fingerprint density at radius 3 is 2.18 bits per heavy atom. The van der Waals surface area contributed by atoms with Crippen LogP contribution in [0.15, 0.2) is 10.6 Å². The van der Waals surface area contributed by atoms with Gasteiger partial charge >= 0.3 is 5.97 Å². The van der Waals surface area contributed by atoms with Crippen LogP contribution in [-0.4, -0.2) is 63.0 Å². The summed E-state index contributed by atoms with van der Waals surface area (Å²) < 4.78 is 13.0. The van der Waals surface area contributed by atoms with Crippen molar-refractivity contribution in [3.05, 3.63) is 10.6 Å². The Labute approximate surface area is 237 Å². The molecule has 0 aromatic heterocycles. The Bertz CT molecular complexity index is 962. The van der Waals surface area contributed by atoms with Crippen molar-refractivity contribution < 1.29 is 23.5 Å². The van der Waals surface area contributed by atoms with Gasteiger partial charge in [0.05, 0.1) is 24.1 Å². The second kappa shape index (κ2) is 12.2. The smallest absolute Gasteiger partial charge is 0.353 e. The predicted octanol–water partition coefficient (Wildman–Crippen LogP) is 6.99. The van der Waals surface area contributed by atoms with E-state index in [4.69, 9.17) is 14.1 Å². The molecule has 7 nitrogen and oxygen atoms in total. The van der Waals surface area contributed by atoms with Crippen LogP contribution in [0, 0.1) is 23.2 Å². The number of hydrogen-bond donors (Lipinski definition) is 1. The lowest BCUT2D eigenvalue weighted by molar-refractivity contribution is -0.162. The van der Waals surface area contributed by atoms with Gasteiger partial charge in [-0.3, -0.25) is 4.79 Å². The van der Waals surface area contributed by atoms with Crippen LogP contribution >= 0.6 is 11.8 Å². The van der Waals surface area contributed by atoms with Crippen LogP contribution in [-0.2, 0) is 18.4 Å². The van der Waals surface area contributed by atoms with Crippen molar-refractivity contribution in [2.75, 3.05) is 12.4 Å². The molecular weight excluding hydrogens is 533 g/mol. The average Bonchev–Trinajstić information content (AvgIpc) is 3.01. The highest BCUT2D eigenvalue weighted by molar-refractivity contribution is 8.03. The maximum atomic E-state index is 13.4. The summed E-state index contributed by atoms with van der Waals surface area (Å²) in [6.07, 6.45) is 2.61. The van der Waals surface area contributed by atoms with E-state index in [1.54, 1.807) is 0 Å². The van der Waals surface area contributed by atoms with Crippen LogP contribution < -0.4 is 0 Å². The van der Waals surface area contributed by atoms with E-state index in [1.165, 1.54) is 16.7 Å². The summed E-state index contributed by atoms with van der Waals surface area (Å²) in [5.41, 5.74) is 0.112. The molecule has 1 saturated heterocycles. The number of carbonyl (C=O) groups excluding carboxylic acids is 1. The fraction of sp³-hybridized carbons (Fsp3) is 0.821. The van der Waals surface area contributed by atoms with Crippen molar-refractivity contribution in [2.24, 2.45) is 11.8 Å². The Hall–Kier alpha value is -1.13. The Kier molecular flexibility index (Phi) is 10.6. The lowest BCUT2D eigenvalue weighted by Crippen LogP contribution is -2.65. The summed E-state index contributed by atoms with van der Waals surface area (Å²) in [5, 5.41) is 19.4. The molecule has 0 aliphatic carbocycles. The van der Waals surface area contributed by atoms with Gasteiger partial charge < -0.3 is 18.9 Å². The Morgan fingerprint density at radius 1 is 1.11 bits per heavy atom. The SMILES string of the molecule is C[C@@H](O[Si](C)(C)C(C)(C)C)[C@H]1C(=O)N2C(C(=O)O)=C(SCCC#N)[C@H](CCCCO[Si](C)(C)C(C)(C)C)[C@H]12. The maximum absolute atomic E-state index is 13.4. The highest BCUT2D eigenvalue weighted by atomic mass is 32.2. The van der Waals surface area contributed by atoms with Crippen LogP contribution in [0.4, 0.5) is 0 Å². The molecule has 38 heavy (non-hydrogen) atoms. The number of unbranched alkanes of at least 4 members (excludes halogenated alkanes) is 1. The monoisotopic (exact) mass is 582 g/mol. The fourth-order valence-corrected chi connectivity index (χ4v) is 8.49. The summed E-state index contributed by atoms with van der Waals surface area (Å²) in [6, 6.07) is 1.94. The molecule has 1 N–H and O–H groups in total. The van der Waals surface area contributed by atoms with E-state index in [-0.39, 0.29) is 45.7 Å². The second-order valence-electron chi connectivity index (χ2n) is 13.8. The van der Waals surface area contributed by atoms with Gasteiger partial charge in [0.1, 0.15) is 5.70 Å².